The predicted octanol–water partition coefficient (Wildman–Crippen LogP) is 3.05. The molecule has 0 saturated heterocycles. The summed E-state index contributed by atoms with van der Waals surface area (Å²) in [6, 6.07) is 0. The Morgan fingerprint density at radius 2 is 0.889 bits per heavy atom. The van der Waals surface area contributed by atoms with Crippen LogP contribution in [-0.4, -0.2) is 23.1 Å². The average Bonchev–Trinajstić information content (AvgIpc) is 2.35. The third-order valence-electron chi connectivity index (χ3n) is 2.06. The first-order valence-corrected chi connectivity index (χ1v) is 7.12. The summed E-state index contributed by atoms with van der Waals surface area (Å²) >= 11 is 0. The van der Waals surface area contributed by atoms with Crippen molar-refractivity contribution < 1.29 is 18.9 Å². The van der Waals surface area contributed by atoms with Gasteiger partial charge in [-0.2, -0.15) is 19.3 Å². The summed E-state index contributed by atoms with van der Waals surface area (Å²) in [5.41, 5.74) is 0. The summed E-state index contributed by atoms with van der Waals surface area (Å²) in [5.74, 6) is 0. The first-order chi connectivity index (χ1) is 7.74. The fraction of sp³-hybridized carbons (Fsp3) is 0.812. The molecule has 2 heteroatoms. The van der Waals surface area contributed by atoms with Crippen LogP contribution < -0.4 is 18.9 Å². The van der Waals surface area contributed by atoms with Crippen molar-refractivity contribution in [1.82, 2.24) is 0 Å². The van der Waals surface area contributed by atoms with E-state index in [2.05, 4.69) is 41.5 Å². The van der Waals surface area contributed by atoms with Crippen molar-refractivity contribution in [1.29, 1.82) is 0 Å². The third-order valence-corrected chi connectivity index (χ3v) is 2.06. The molecule has 0 saturated carbocycles. The van der Waals surface area contributed by atoms with E-state index in [0.717, 1.165) is 19.3 Å². The van der Waals surface area contributed by atoms with Gasteiger partial charge in [-0.25, -0.2) is 0 Å². The molecule has 0 aliphatic carbocycles. The summed E-state index contributed by atoms with van der Waals surface area (Å²) < 4.78 is 0. The molecule has 0 bridgehead atoms. The van der Waals surface area contributed by atoms with E-state index in [0.29, 0.717) is 0 Å². The van der Waals surface area contributed by atoms with E-state index in [9.17, 15) is 0 Å². The number of hydrogen-bond donors (Lipinski definition) is 0. The SMILES string of the molecule is [CH2-]CCC.[CH2-]CCC.[CH2-]CCCCCCC.[Li+].[Mg+2]. The maximum absolute atomic E-state index is 3.78. The molecule has 0 atom stereocenters. The predicted molar refractivity (Wildman–Crippen MR) is 85.0 cm³/mol. The number of hydrogen-bond acceptors (Lipinski definition) is 0. The van der Waals surface area contributed by atoms with Crippen molar-refractivity contribution in [3.05, 3.63) is 20.8 Å². The average molecular weight is 259 g/mol. The normalized spacial score (nSPS) is 7.67. The molecule has 0 aliphatic rings. The Kier molecular flexibility index (Phi) is 75.4. The van der Waals surface area contributed by atoms with Gasteiger partial charge in [0.15, 0.2) is 0 Å². The second kappa shape index (κ2) is 42.9. The quantitative estimate of drug-likeness (QED) is 0.374. The van der Waals surface area contributed by atoms with Crippen LogP contribution in [0.2, 0.25) is 0 Å². The van der Waals surface area contributed by atoms with Crippen molar-refractivity contribution in [2.75, 3.05) is 0 Å². The molecule has 0 radical (unpaired) electrons. The van der Waals surface area contributed by atoms with E-state index in [4.69, 9.17) is 0 Å². The molecule has 0 N–H and O–H groups in total. The van der Waals surface area contributed by atoms with Gasteiger partial charge in [0.2, 0.25) is 0 Å². The maximum Gasteiger partial charge on any atom is 2.00 e. The van der Waals surface area contributed by atoms with E-state index in [1.54, 1.807) is 0 Å². The standard InChI is InChI=1S/C8H17.2C4H9.Li.Mg/c1-3-5-7-8-6-4-2;2*1-3-4-2;;/h1,3-8H2,2H3;2*1,3-4H2,2H3;;/q3*-1;+1;+2. The molecular weight excluding hydrogens is 223 g/mol. The van der Waals surface area contributed by atoms with Crippen molar-refractivity contribution in [2.24, 2.45) is 0 Å². The Labute approximate surface area is 147 Å². The molecule has 0 aromatic heterocycles. The summed E-state index contributed by atoms with van der Waals surface area (Å²) in [7, 11) is 0. The molecule has 102 valence electrons. The van der Waals surface area contributed by atoms with E-state index in [1.165, 1.54) is 44.9 Å². The van der Waals surface area contributed by atoms with Gasteiger partial charge in [-0.15, -0.1) is 0 Å². The van der Waals surface area contributed by atoms with Gasteiger partial charge >= 0.3 is 41.9 Å². The van der Waals surface area contributed by atoms with Gasteiger partial charge in [0.05, 0.1) is 0 Å². The van der Waals surface area contributed by atoms with Crippen molar-refractivity contribution in [2.45, 2.75) is 85.0 Å². The van der Waals surface area contributed by atoms with E-state index in [-0.39, 0.29) is 41.9 Å². The molecule has 0 unspecified atom stereocenters. The van der Waals surface area contributed by atoms with Gasteiger partial charge in [0.25, 0.3) is 0 Å². The smallest absolute Gasteiger partial charge is 0.343 e. The third kappa shape index (κ3) is 66.5. The zero-order valence-corrected chi connectivity index (χ0v) is 15.3. The second-order valence-corrected chi connectivity index (χ2v) is 3.97. The van der Waals surface area contributed by atoms with Crippen LogP contribution in [0.25, 0.3) is 0 Å². The van der Waals surface area contributed by atoms with Gasteiger partial charge in [0, 0.05) is 0 Å². The van der Waals surface area contributed by atoms with Crippen molar-refractivity contribution in [3.8, 4) is 0 Å². The number of rotatable bonds is 7. The molecular formula is C16H35LiMg. The van der Waals surface area contributed by atoms with Crippen LogP contribution in [0.15, 0.2) is 0 Å². The topological polar surface area (TPSA) is 0 Å². The monoisotopic (exact) mass is 258 g/mol. The molecule has 0 heterocycles. The number of unbranched alkanes of at least 4 members (excludes halogenated alkanes) is 7. The van der Waals surface area contributed by atoms with Crippen LogP contribution in [0.3, 0.4) is 0 Å². The van der Waals surface area contributed by atoms with Gasteiger partial charge in [-0.3, -0.25) is 0 Å². The molecule has 0 aromatic rings. The van der Waals surface area contributed by atoms with Gasteiger partial charge in [-0.05, 0) is 0 Å². The fourth-order valence-electron chi connectivity index (χ4n) is 0.780. The van der Waals surface area contributed by atoms with Crippen molar-refractivity contribution >= 4 is 23.1 Å². The first-order valence-electron chi connectivity index (χ1n) is 7.12. The summed E-state index contributed by atoms with van der Waals surface area (Å²) in [5, 5.41) is 0. The van der Waals surface area contributed by atoms with Gasteiger partial charge in [0.1, 0.15) is 0 Å². The molecule has 0 amide bonds. The van der Waals surface area contributed by atoms with Crippen molar-refractivity contribution in [3.63, 3.8) is 0 Å². The molecule has 0 aliphatic heterocycles. The zero-order chi connectivity index (χ0) is 13.1. The van der Waals surface area contributed by atoms with Gasteiger partial charge in [-0.1, -0.05) is 65.7 Å². The van der Waals surface area contributed by atoms with Crippen LogP contribution in [0.1, 0.15) is 85.0 Å². The molecule has 0 aromatic carbocycles. The van der Waals surface area contributed by atoms with Gasteiger partial charge < -0.3 is 20.8 Å². The van der Waals surface area contributed by atoms with E-state index in [1.807, 2.05) is 0 Å². The molecule has 0 rings (SSSR count). The first kappa shape index (κ1) is 31.7. The minimum atomic E-state index is 0. The Bertz CT molecular complexity index is 63.5. The minimum absolute atomic E-state index is 0. The van der Waals surface area contributed by atoms with Crippen LogP contribution in [0.4, 0.5) is 0 Å². The fourth-order valence-corrected chi connectivity index (χ4v) is 0.780. The molecule has 0 fully saturated rings. The minimum Gasteiger partial charge on any atom is -0.343 e. The molecule has 0 nitrogen and oxygen atoms in total. The summed E-state index contributed by atoms with van der Waals surface area (Å²) in [6.07, 6.45) is 12.5. The maximum atomic E-state index is 3.78. The van der Waals surface area contributed by atoms with Crippen LogP contribution >= 0.6 is 0 Å². The Morgan fingerprint density at radius 3 is 1.11 bits per heavy atom. The molecule has 0 spiro atoms. The Hall–Kier alpha value is 1.36. The Balaban J connectivity index is -0.0000000489. The van der Waals surface area contributed by atoms with E-state index >= 15 is 0 Å². The van der Waals surface area contributed by atoms with E-state index < -0.39 is 0 Å². The van der Waals surface area contributed by atoms with Crippen LogP contribution in [0, 0.1) is 20.8 Å². The van der Waals surface area contributed by atoms with Crippen LogP contribution in [0.5, 0.6) is 0 Å². The second-order valence-electron chi connectivity index (χ2n) is 3.97. The Morgan fingerprint density at radius 1 is 0.556 bits per heavy atom. The molecule has 18 heavy (non-hydrogen) atoms. The zero-order valence-electron chi connectivity index (χ0n) is 13.9. The summed E-state index contributed by atoms with van der Waals surface area (Å²) in [6.45, 7) is 17.5. The summed E-state index contributed by atoms with van der Waals surface area (Å²) in [4.78, 5) is 0. The largest absolute Gasteiger partial charge is 2.00 e. The van der Waals surface area contributed by atoms with Crippen LogP contribution in [-0.2, 0) is 0 Å².